The first-order valence-electron chi connectivity index (χ1n) is 5.02. The van der Waals surface area contributed by atoms with Crippen LogP contribution in [-0.4, -0.2) is 37.4 Å². The van der Waals surface area contributed by atoms with Crippen LogP contribution in [0.2, 0.25) is 0 Å². The maximum absolute atomic E-state index is 11.5. The summed E-state index contributed by atoms with van der Waals surface area (Å²) in [6.07, 6.45) is 1.53. The number of carbonyl (C=O) groups excluding carboxylic acids is 1. The second kappa shape index (κ2) is 7.76. The van der Waals surface area contributed by atoms with Gasteiger partial charge in [0, 0.05) is 19.8 Å². The van der Waals surface area contributed by atoms with Gasteiger partial charge in [0.15, 0.2) is 0 Å². The molecule has 0 spiro atoms. The van der Waals surface area contributed by atoms with Crippen LogP contribution in [0, 0.1) is 5.92 Å². The van der Waals surface area contributed by atoms with E-state index >= 15 is 0 Å². The summed E-state index contributed by atoms with van der Waals surface area (Å²) in [6.45, 7) is 4.39. The summed E-state index contributed by atoms with van der Waals surface area (Å²) in [4.78, 5) is 11.5. The number of methoxy groups -OCH3 is 1. The number of aliphatic hydroxyl groups excluding tert-OH is 1. The van der Waals surface area contributed by atoms with Gasteiger partial charge >= 0.3 is 0 Å². The standard InChI is InChI=1S/C10H21NO3/c1-8(7-14-3)10(13)11-9(2)5-4-6-12/h8-9,12H,4-7H2,1-3H3,(H,11,13). The number of hydrogen-bond acceptors (Lipinski definition) is 3. The first-order valence-corrected chi connectivity index (χ1v) is 5.02. The lowest BCUT2D eigenvalue weighted by Crippen LogP contribution is -2.37. The van der Waals surface area contributed by atoms with E-state index in [1.54, 1.807) is 7.11 Å². The van der Waals surface area contributed by atoms with E-state index in [2.05, 4.69) is 5.32 Å². The summed E-state index contributed by atoms with van der Waals surface area (Å²) < 4.78 is 4.89. The number of amides is 1. The highest BCUT2D eigenvalue weighted by Gasteiger charge is 2.14. The van der Waals surface area contributed by atoms with E-state index in [0.717, 1.165) is 12.8 Å². The molecule has 4 nitrogen and oxygen atoms in total. The Bertz CT molecular complexity index is 161. The third-order valence-corrected chi connectivity index (χ3v) is 2.05. The van der Waals surface area contributed by atoms with Crippen LogP contribution in [0.5, 0.6) is 0 Å². The Morgan fingerprint density at radius 2 is 2.14 bits per heavy atom. The minimum absolute atomic E-state index is 0.0114. The van der Waals surface area contributed by atoms with Crippen molar-refractivity contribution >= 4 is 5.91 Å². The lowest BCUT2D eigenvalue weighted by molar-refractivity contribution is -0.126. The zero-order valence-corrected chi connectivity index (χ0v) is 9.25. The zero-order chi connectivity index (χ0) is 11.0. The molecule has 0 heterocycles. The molecule has 0 aromatic rings. The van der Waals surface area contributed by atoms with Crippen LogP contribution in [0.1, 0.15) is 26.7 Å². The van der Waals surface area contributed by atoms with Crippen molar-refractivity contribution in [2.45, 2.75) is 32.7 Å². The van der Waals surface area contributed by atoms with Gasteiger partial charge in [-0.3, -0.25) is 4.79 Å². The van der Waals surface area contributed by atoms with E-state index < -0.39 is 0 Å². The molecule has 0 saturated heterocycles. The maximum atomic E-state index is 11.5. The summed E-state index contributed by atoms with van der Waals surface area (Å²) in [5.41, 5.74) is 0. The van der Waals surface area contributed by atoms with E-state index in [1.807, 2.05) is 13.8 Å². The van der Waals surface area contributed by atoms with Crippen molar-refractivity contribution in [3.63, 3.8) is 0 Å². The van der Waals surface area contributed by atoms with Gasteiger partial charge in [-0.25, -0.2) is 0 Å². The van der Waals surface area contributed by atoms with Crippen LogP contribution >= 0.6 is 0 Å². The lowest BCUT2D eigenvalue weighted by atomic mass is 10.1. The second-order valence-corrected chi connectivity index (χ2v) is 3.63. The summed E-state index contributed by atoms with van der Waals surface area (Å²) >= 11 is 0. The second-order valence-electron chi connectivity index (χ2n) is 3.63. The highest BCUT2D eigenvalue weighted by molar-refractivity contribution is 5.78. The first-order chi connectivity index (χ1) is 6.61. The lowest BCUT2D eigenvalue weighted by Gasteiger charge is -2.16. The number of ether oxygens (including phenoxy) is 1. The van der Waals surface area contributed by atoms with Crippen LogP contribution in [0.3, 0.4) is 0 Å². The van der Waals surface area contributed by atoms with Crippen molar-refractivity contribution in [2.75, 3.05) is 20.3 Å². The van der Waals surface area contributed by atoms with E-state index in [0.29, 0.717) is 6.61 Å². The monoisotopic (exact) mass is 203 g/mol. The zero-order valence-electron chi connectivity index (χ0n) is 9.25. The predicted octanol–water partition coefficient (Wildman–Crippen LogP) is 0.546. The average Bonchev–Trinajstić information content (AvgIpc) is 2.15. The molecule has 4 heteroatoms. The number of rotatable bonds is 7. The number of carbonyl (C=O) groups is 1. The van der Waals surface area contributed by atoms with Gasteiger partial charge in [0.25, 0.3) is 0 Å². The van der Waals surface area contributed by atoms with E-state index in [-0.39, 0.29) is 24.5 Å². The smallest absolute Gasteiger partial charge is 0.225 e. The van der Waals surface area contributed by atoms with Crippen LogP contribution in [0.4, 0.5) is 0 Å². The largest absolute Gasteiger partial charge is 0.396 e. The summed E-state index contributed by atoms with van der Waals surface area (Å²) in [7, 11) is 1.58. The Balaban J connectivity index is 3.69. The Labute approximate surface area is 85.6 Å². The van der Waals surface area contributed by atoms with E-state index in [9.17, 15) is 4.79 Å². The highest BCUT2D eigenvalue weighted by atomic mass is 16.5. The van der Waals surface area contributed by atoms with E-state index in [1.165, 1.54) is 0 Å². The van der Waals surface area contributed by atoms with Crippen molar-refractivity contribution in [3.05, 3.63) is 0 Å². The Morgan fingerprint density at radius 3 is 2.64 bits per heavy atom. The molecule has 0 aromatic carbocycles. The molecule has 1 amide bonds. The number of nitrogens with one attached hydrogen (secondary N) is 1. The SMILES string of the molecule is COCC(C)C(=O)NC(C)CCCO. The molecule has 0 bridgehead atoms. The highest BCUT2D eigenvalue weighted by Crippen LogP contribution is 1.99. The normalized spacial score (nSPS) is 14.9. The topological polar surface area (TPSA) is 58.6 Å². The molecule has 0 aliphatic carbocycles. The van der Waals surface area contributed by atoms with Gasteiger partial charge in [-0.1, -0.05) is 6.92 Å². The molecule has 0 radical (unpaired) electrons. The van der Waals surface area contributed by atoms with Gasteiger partial charge in [0.2, 0.25) is 5.91 Å². The molecule has 0 aromatic heterocycles. The molecule has 14 heavy (non-hydrogen) atoms. The van der Waals surface area contributed by atoms with Crippen LogP contribution in [0.15, 0.2) is 0 Å². The van der Waals surface area contributed by atoms with Crippen LogP contribution in [-0.2, 0) is 9.53 Å². The van der Waals surface area contributed by atoms with Crippen LogP contribution < -0.4 is 5.32 Å². The van der Waals surface area contributed by atoms with Gasteiger partial charge in [-0.15, -0.1) is 0 Å². The third kappa shape index (κ3) is 5.94. The third-order valence-electron chi connectivity index (χ3n) is 2.05. The number of aliphatic hydroxyl groups is 1. The average molecular weight is 203 g/mol. The predicted molar refractivity (Wildman–Crippen MR) is 55.0 cm³/mol. The summed E-state index contributed by atoms with van der Waals surface area (Å²) in [6, 6.07) is 0.119. The number of hydrogen-bond donors (Lipinski definition) is 2. The molecule has 0 fully saturated rings. The molecular formula is C10H21NO3. The minimum Gasteiger partial charge on any atom is -0.396 e. The Hall–Kier alpha value is -0.610. The quantitative estimate of drug-likeness (QED) is 0.635. The fourth-order valence-corrected chi connectivity index (χ4v) is 1.18. The minimum atomic E-state index is -0.114. The van der Waals surface area contributed by atoms with Crippen LogP contribution in [0.25, 0.3) is 0 Å². The molecule has 84 valence electrons. The fraction of sp³-hybridized carbons (Fsp3) is 0.900. The first kappa shape index (κ1) is 13.4. The molecular weight excluding hydrogens is 182 g/mol. The van der Waals surface area contributed by atoms with Crippen molar-refractivity contribution in [3.8, 4) is 0 Å². The van der Waals surface area contributed by atoms with Gasteiger partial charge in [0.05, 0.1) is 12.5 Å². The molecule has 0 aliphatic heterocycles. The molecule has 0 rings (SSSR count). The molecule has 0 aliphatic rings. The van der Waals surface area contributed by atoms with E-state index in [4.69, 9.17) is 9.84 Å². The summed E-state index contributed by atoms with van der Waals surface area (Å²) in [5, 5.41) is 11.5. The fourth-order valence-electron chi connectivity index (χ4n) is 1.18. The van der Waals surface area contributed by atoms with Gasteiger partial charge < -0.3 is 15.2 Å². The van der Waals surface area contributed by atoms with Crippen molar-refractivity contribution in [1.29, 1.82) is 0 Å². The summed E-state index contributed by atoms with van der Waals surface area (Å²) in [5.74, 6) is -0.103. The van der Waals surface area contributed by atoms with Gasteiger partial charge in [0.1, 0.15) is 0 Å². The van der Waals surface area contributed by atoms with Crippen molar-refractivity contribution < 1.29 is 14.6 Å². The molecule has 2 atom stereocenters. The Kier molecular flexibility index (Phi) is 7.42. The maximum Gasteiger partial charge on any atom is 0.225 e. The van der Waals surface area contributed by atoms with Gasteiger partial charge in [-0.2, -0.15) is 0 Å². The molecule has 2 N–H and O–H groups in total. The molecule has 2 unspecified atom stereocenters. The van der Waals surface area contributed by atoms with Crippen molar-refractivity contribution in [1.82, 2.24) is 5.32 Å². The van der Waals surface area contributed by atoms with Gasteiger partial charge in [-0.05, 0) is 19.8 Å². The van der Waals surface area contributed by atoms with Crippen molar-refractivity contribution in [2.24, 2.45) is 5.92 Å². The molecule has 0 saturated carbocycles. The Morgan fingerprint density at radius 1 is 1.50 bits per heavy atom.